The van der Waals surface area contributed by atoms with Gasteiger partial charge in [-0.3, -0.25) is 0 Å². The second-order valence-electron chi connectivity index (χ2n) is 2.79. The Bertz CT molecular complexity index is 338. The van der Waals surface area contributed by atoms with E-state index >= 15 is 0 Å². The Hall–Kier alpha value is -0.870. The first kappa shape index (κ1) is 7.76. The first-order valence-electron chi connectivity index (χ1n) is 3.80. The second kappa shape index (κ2) is 2.88. The zero-order valence-corrected chi connectivity index (χ0v) is 7.36. The molecule has 3 N–H and O–H groups in total. The van der Waals surface area contributed by atoms with E-state index in [2.05, 4.69) is 5.32 Å². The predicted molar refractivity (Wildman–Crippen MR) is 49.2 cm³/mol. The maximum atomic E-state index is 10.9. The number of rotatable bonds is 1. The van der Waals surface area contributed by atoms with E-state index in [1.54, 1.807) is 0 Å². The lowest BCUT2D eigenvalue weighted by molar-refractivity contribution is 0.684. The molecule has 0 saturated heterocycles. The third kappa shape index (κ3) is 1.23. The number of hydrogen-bond acceptors (Lipinski definition) is 2. The minimum absolute atomic E-state index is 0.683. The Morgan fingerprint density at radius 2 is 2.33 bits per heavy atom. The molecule has 1 aliphatic rings. The van der Waals surface area contributed by atoms with Gasteiger partial charge in [0.05, 0.1) is 4.90 Å². The average molecular weight is 182 g/mol. The van der Waals surface area contributed by atoms with E-state index in [1.807, 2.05) is 18.2 Å². The van der Waals surface area contributed by atoms with Crippen LogP contribution >= 0.6 is 0 Å². The molecule has 0 spiro atoms. The molecular weight excluding hydrogens is 172 g/mol. The van der Waals surface area contributed by atoms with Crippen molar-refractivity contribution in [3.05, 3.63) is 23.8 Å². The van der Waals surface area contributed by atoms with Crippen molar-refractivity contribution in [2.75, 3.05) is 11.9 Å². The molecule has 64 valence electrons. The number of anilines is 1. The van der Waals surface area contributed by atoms with Gasteiger partial charge in [-0.1, -0.05) is 6.07 Å². The normalized spacial score (nSPS) is 16.8. The van der Waals surface area contributed by atoms with Crippen LogP contribution in [0.25, 0.3) is 0 Å². The Labute approximate surface area is 73.6 Å². The van der Waals surface area contributed by atoms with Crippen LogP contribution in [0.2, 0.25) is 0 Å². The van der Waals surface area contributed by atoms with Crippen LogP contribution in [0.1, 0.15) is 5.56 Å². The molecule has 1 aliphatic heterocycles. The van der Waals surface area contributed by atoms with Crippen molar-refractivity contribution in [2.45, 2.75) is 11.3 Å². The first-order chi connectivity index (χ1) is 5.77. The summed E-state index contributed by atoms with van der Waals surface area (Å²) in [5.74, 6) is 0. The quantitative estimate of drug-likeness (QED) is 0.669. The SMILES string of the molecule is NS(=O)c1ccc2c(c1)NCC2. The van der Waals surface area contributed by atoms with Crippen LogP contribution in [-0.2, 0) is 17.4 Å². The van der Waals surface area contributed by atoms with Gasteiger partial charge in [0, 0.05) is 12.2 Å². The second-order valence-corrected chi connectivity index (χ2v) is 3.86. The van der Waals surface area contributed by atoms with Gasteiger partial charge in [0.25, 0.3) is 0 Å². The van der Waals surface area contributed by atoms with E-state index < -0.39 is 11.0 Å². The van der Waals surface area contributed by atoms with Crippen molar-refractivity contribution in [2.24, 2.45) is 5.14 Å². The monoisotopic (exact) mass is 182 g/mol. The Balaban J connectivity index is 2.45. The van der Waals surface area contributed by atoms with E-state index in [-0.39, 0.29) is 0 Å². The highest BCUT2D eigenvalue weighted by atomic mass is 32.2. The lowest BCUT2D eigenvalue weighted by Gasteiger charge is -2.01. The fourth-order valence-corrected chi connectivity index (χ4v) is 1.83. The summed E-state index contributed by atoms with van der Waals surface area (Å²) in [4.78, 5) is 0.683. The highest BCUT2D eigenvalue weighted by Crippen LogP contribution is 2.23. The van der Waals surface area contributed by atoms with Crippen LogP contribution in [0.4, 0.5) is 5.69 Å². The molecule has 0 amide bonds. The zero-order chi connectivity index (χ0) is 8.55. The molecule has 1 aromatic carbocycles. The summed E-state index contributed by atoms with van der Waals surface area (Å²) in [6.45, 7) is 0.968. The van der Waals surface area contributed by atoms with E-state index in [1.165, 1.54) is 5.56 Å². The van der Waals surface area contributed by atoms with Gasteiger partial charge in [0.2, 0.25) is 0 Å². The van der Waals surface area contributed by atoms with Crippen LogP contribution < -0.4 is 10.5 Å². The van der Waals surface area contributed by atoms with Gasteiger partial charge in [-0.2, -0.15) is 0 Å². The summed E-state index contributed by atoms with van der Waals surface area (Å²) in [5, 5.41) is 8.46. The van der Waals surface area contributed by atoms with E-state index in [0.717, 1.165) is 18.7 Å². The summed E-state index contributed by atoms with van der Waals surface area (Å²) in [5.41, 5.74) is 2.36. The molecule has 0 fully saturated rings. The molecule has 0 saturated carbocycles. The molecule has 0 bridgehead atoms. The van der Waals surface area contributed by atoms with Crippen molar-refractivity contribution in [1.82, 2.24) is 0 Å². The van der Waals surface area contributed by atoms with Gasteiger partial charge < -0.3 is 5.32 Å². The summed E-state index contributed by atoms with van der Waals surface area (Å²) in [6.07, 6.45) is 1.05. The summed E-state index contributed by atoms with van der Waals surface area (Å²) >= 11 is 0. The number of nitrogens with two attached hydrogens (primary N) is 1. The smallest absolute Gasteiger partial charge is 0.122 e. The molecule has 12 heavy (non-hydrogen) atoms. The molecule has 2 rings (SSSR count). The van der Waals surface area contributed by atoms with Crippen molar-refractivity contribution >= 4 is 16.7 Å². The molecule has 0 radical (unpaired) electrons. The van der Waals surface area contributed by atoms with Gasteiger partial charge >= 0.3 is 0 Å². The van der Waals surface area contributed by atoms with Crippen LogP contribution in [0, 0.1) is 0 Å². The maximum absolute atomic E-state index is 10.9. The van der Waals surface area contributed by atoms with Crippen LogP contribution in [0.3, 0.4) is 0 Å². The molecule has 1 atom stereocenters. The Kier molecular flexibility index (Phi) is 1.86. The van der Waals surface area contributed by atoms with Gasteiger partial charge in [-0.05, 0) is 24.1 Å². The van der Waals surface area contributed by atoms with Crippen LogP contribution in [0.5, 0.6) is 0 Å². The predicted octanol–water partition coefficient (Wildman–Crippen LogP) is 0.636. The topological polar surface area (TPSA) is 55.1 Å². The largest absolute Gasteiger partial charge is 0.384 e. The van der Waals surface area contributed by atoms with E-state index in [0.29, 0.717) is 4.90 Å². The third-order valence-electron chi connectivity index (χ3n) is 2.02. The van der Waals surface area contributed by atoms with E-state index in [9.17, 15) is 4.21 Å². The van der Waals surface area contributed by atoms with E-state index in [4.69, 9.17) is 5.14 Å². The Morgan fingerprint density at radius 1 is 1.50 bits per heavy atom. The minimum Gasteiger partial charge on any atom is -0.384 e. The lowest BCUT2D eigenvalue weighted by atomic mass is 10.2. The molecule has 1 heterocycles. The highest BCUT2D eigenvalue weighted by molar-refractivity contribution is 7.82. The summed E-state index contributed by atoms with van der Waals surface area (Å²) in [7, 11) is -1.36. The molecular formula is C8H10N2OS. The van der Waals surface area contributed by atoms with Gasteiger partial charge in [-0.15, -0.1) is 0 Å². The number of benzene rings is 1. The van der Waals surface area contributed by atoms with Crippen molar-refractivity contribution in [1.29, 1.82) is 0 Å². The number of nitrogens with one attached hydrogen (secondary N) is 1. The molecule has 4 heteroatoms. The summed E-state index contributed by atoms with van der Waals surface area (Å²) < 4.78 is 10.9. The lowest BCUT2D eigenvalue weighted by Crippen LogP contribution is -2.02. The average Bonchev–Trinajstić information content (AvgIpc) is 2.49. The van der Waals surface area contributed by atoms with Crippen molar-refractivity contribution in [3.63, 3.8) is 0 Å². The molecule has 1 unspecified atom stereocenters. The molecule has 0 aliphatic carbocycles. The maximum Gasteiger partial charge on any atom is 0.122 e. The van der Waals surface area contributed by atoms with Gasteiger partial charge in [-0.25, -0.2) is 9.35 Å². The fourth-order valence-electron chi connectivity index (χ4n) is 1.40. The number of fused-ring (bicyclic) bond motifs is 1. The Morgan fingerprint density at radius 3 is 3.08 bits per heavy atom. The summed E-state index contributed by atoms with van der Waals surface area (Å²) in [6, 6.07) is 5.66. The van der Waals surface area contributed by atoms with Crippen molar-refractivity contribution < 1.29 is 4.21 Å². The van der Waals surface area contributed by atoms with Gasteiger partial charge in [0.15, 0.2) is 0 Å². The fraction of sp³-hybridized carbons (Fsp3) is 0.250. The van der Waals surface area contributed by atoms with Crippen molar-refractivity contribution in [3.8, 4) is 0 Å². The highest BCUT2D eigenvalue weighted by Gasteiger charge is 2.10. The van der Waals surface area contributed by atoms with Crippen LogP contribution in [0.15, 0.2) is 23.1 Å². The zero-order valence-electron chi connectivity index (χ0n) is 6.54. The molecule has 0 aromatic heterocycles. The van der Waals surface area contributed by atoms with Gasteiger partial charge in [0.1, 0.15) is 11.0 Å². The number of hydrogen-bond donors (Lipinski definition) is 2. The molecule has 1 aromatic rings. The molecule has 3 nitrogen and oxygen atoms in total. The standard InChI is InChI=1S/C8H10N2OS/c9-12(11)7-2-1-6-3-4-10-8(6)5-7/h1-2,5,10H,3-4,9H2. The minimum atomic E-state index is -1.36. The third-order valence-corrected chi connectivity index (χ3v) is 2.74. The first-order valence-corrected chi connectivity index (χ1v) is 5.01. The van der Waals surface area contributed by atoms with Crippen LogP contribution in [-0.4, -0.2) is 10.8 Å².